The van der Waals surface area contributed by atoms with Gasteiger partial charge in [0.25, 0.3) is 5.91 Å². The van der Waals surface area contributed by atoms with E-state index in [-0.39, 0.29) is 5.91 Å². The molecule has 7 heteroatoms. The lowest BCUT2D eigenvalue weighted by atomic mass is 10.2. The number of ether oxygens (including phenoxy) is 1. The molecule has 146 valence electrons. The molecule has 0 aliphatic carbocycles. The molecule has 0 fully saturated rings. The first-order chi connectivity index (χ1) is 14.2. The fourth-order valence-corrected chi connectivity index (χ4v) is 3.00. The van der Waals surface area contributed by atoms with Crippen LogP contribution >= 0.6 is 0 Å². The van der Waals surface area contributed by atoms with Gasteiger partial charge in [-0.3, -0.25) is 14.5 Å². The zero-order valence-corrected chi connectivity index (χ0v) is 16.0. The van der Waals surface area contributed by atoms with Crippen molar-refractivity contribution in [2.24, 2.45) is 7.05 Å². The monoisotopic (exact) mass is 387 g/mol. The zero-order chi connectivity index (χ0) is 20.1. The molecule has 1 aromatic carbocycles. The van der Waals surface area contributed by atoms with Crippen molar-refractivity contribution in [2.45, 2.75) is 13.2 Å². The van der Waals surface area contributed by atoms with Gasteiger partial charge in [0, 0.05) is 32.2 Å². The summed E-state index contributed by atoms with van der Waals surface area (Å²) in [5.41, 5.74) is 2.38. The van der Waals surface area contributed by atoms with E-state index in [9.17, 15) is 4.79 Å². The molecule has 4 rings (SSSR count). The highest BCUT2D eigenvalue weighted by Gasteiger charge is 2.17. The van der Waals surface area contributed by atoms with Crippen LogP contribution in [-0.2, 0) is 20.2 Å². The fraction of sp³-hybridized carbons (Fsp3) is 0.136. The minimum atomic E-state index is -0.169. The van der Waals surface area contributed by atoms with Crippen LogP contribution in [-0.4, -0.2) is 25.2 Å². The van der Waals surface area contributed by atoms with Crippen LogP contribution < -0.4 is 10.1 Å². The van der Waals surface area contributed by atoms with Gasteiger partial charge in [0.15, 0.2) is 0 Å². The molecular weight excluding hydrogens is 366 g/mol. The quantitative estimate of drug-likeness (QED) is 0.529. The van der Waals surface area contributed by atoms with Gasteiger partial charge in [-0.05, 0) is 42.0 Å². The van der Waals surface area contributed by atoms with E-state index in [1.54, 1.807) is 17.1 Å². The molecule has 0 bridgehead atoms. The summed E-state index contributed by atoms with van der Waals surface area (Å²) in [4.78, 5) is 16.9. The third kappa shape index (κ3) is 4.35. The van der Waals surface area contributed by atoms with Crippen LogP contribution in [0.4, 0.5) is 0 Å². The Morgan fingerprint density at radius 2 is 1.86 bits per heavy atom. The summed E-state index contributed by atoms with van der Waals surface area (Å²) in [5.74, 6) is 1.32. The smallest absolute Gasteiger partial charge is 0.256 e. The van der Waals surface area contributed by atoms with Crippen molar-refractivity contribution in [3.63, 3.8) is 0 Å². The van der Waals surface area contributed by atoms with Crippen molar-refractivity contribution >= 4 is 5.91 Å². The fourth-order valence-electron chi connectivity index (χ4n) is 3.00. The lowest BCUT2D eigenvalue weighted by molar-refractivity contribution is 0.0951. The Morgan fingerprint density at radius 1 is 1.07 bits per heavy atom. The molecule has 1 N–H and O–H groups in total. The van der Waals surface area contributed by atoms with Gasteiger partial charge in [-0.2, -0.15) is 5.10 Å². The topological polar surface area (TPSA) is 74.0 Å². The van der Waals surface area contributed by atoms with Crippen molar-refractivity contribution in [1.29, 1.82) is 0 Å². The highest BCUT2D eigenvalue weighted by molar-refractivity contribution is 5.97. The van der Waals surface area contributed by atoms with Crippen LogP contribution in [0.1, 0.15) is 21.6 Å². The van der Waals surface area contributed by atoms with Gasteiger partial charge in [0.05, 0.1) is 11.9 Å². The summed E-state index contributed by atoms with van der Waals surface area (Å²) in [7, 11) is 1.82. The molecule has 1 amide bonds. The third-order valence-corrected chi connectivity index (χ3v) is 4.49. The molecule has 0 radical (unpaired) electrons. The maximum atomic E-state index is 12.7. The molecular formula is C22H21N5O2. The minimum Gasteiger partial charge on any atom is -0.487 e. The number of benzene rings is 1. The van der Waals surface area contributed by atoms with Crippen LogP contribution in [0, 0.1) is 0 Å². The van der Waals surface area contributed by atoms with Crippen LogP contribution in [0.25, 0.3) is 5.82 Å². The molecule has 0 saturated heterocycles. The molecule has 0 aliphatic heterocycles. The second-order valence-corrected chi connectivity index (χ2v) is 6.53. The van der Waals surface area contributed by atoms with Crippen LogP contribution in [0.15, 0.2) is 79.4 Å². The number of carbonyl (C=O) groups excluding carboxylic acids is 1. The lowest BCUT2D eigenvalue weighted by Crippen LogP contribution is -2.24. The van der Waals surface area contributed by atoms with Crippen LogP contribution in [0.2, 0.25) is 0 Å². The first kappa shape index (κ1) is 18.5. The van der Waals surface area contributed by atoms with E-state index in [1.165, 1.54) is 0 Å². The van der Waals surface area contributed by atoms with Crippen molar-refractivity contribution in [3.05, 3.63) is 96.2 Å². The maximum absolute atomic E-state index is 12.7. The number of carbonyl (C=O) groups is 1. The second-order valence-electron chi connectivity index (χ2n) is 6.53. The van der Waals surface area contributed by atoms with Gasteiger partial charge >= 0.3 is 0 Å². The molecule has 0 saturated carbocycles. The van der Waals surface area contributed by atoms with Crippen molar-refractivity contribution in [3.8, 4) is 11.6 Å². The van der Waals surface area contributed by atoms with E-state index in [2.05, 4.69) is 15.4 Å². The van der Waals surface area contributed by atoms with Gasteiger partial charge < -0.3 is 14.6 Å². The number of nitrogens with one attached hydrogen (secondary N) is 1. The molecule has 3 aromatic heterocycles. The SMILES string of the molecule is Cn1ncc(C(=O)NCc2ccc(OCc3ccccn3)cc2)c1-n1cccc1. The summed E-state index contributed by atoms with van der Waals surface area (Å²) in [6.45, 7) is 0.833. The number of aromatic nitrogens is 4. The first-order valence-electron chi connectivity index (χ1n) is 9.26. The van der Waals surface area contributed by atoms with Gasteiger partial charge in [0.1, 0.15) is 23.7 Å². The Balaban J connectivity index is 1.35. The minimum absolute atomic E-state index is 0.169. The molecule has 29 heavy (non-hydrogen) atoms. The molecule has 0 unspecified atom stereocenters. The van der Waals surface area contributed by atoms with Crippen LogP contribution in [0.3, 0.4) is 0 Å². The molecule has 3 heterocycles. The normalized spacial score (nSPS) is 10.7. The Labute approximate surface area is 168 Å². The Morgan fingerprint density at radius 3 is 2.59 bits per heavy atom. The summed E-state index contributed by atoms with van der Waals surface area (Å²) in [6.07, 6.45) is 7.10. The second kappa shape index (κ2) is 8.43. The van der Waals surface area contributed by atoms with E-state index in [0.717, 1.165) is 22.8 Å². The van der Waals surface area contributed by atoms with E-state index >= 15 is 0 Å². The van der Waals surface area contributed by atoms with Gasteiger partial charge in [0.2, 0.25) is 0 Å². The van der Waals surface area contributed by atoms with Crippen LogP contribution in [0.5, 0.6) is 5.75 Å². The summed E-state index contributed by atoms with van der Waals surface area (Å²) in [6, 6.07) is 17.2. The van der Waals surface area contributed by atoms with Crippen molar-refractivity contribution in [2.75, 3.05) is 0 Å². The standard InChI is InChI=1S/C22H21N5O2/c1-26-22(27-12-4-5-13-27)20(15-25-26)21(28)24-14-17-7-9-19(10-8-17)29-16-18-6-2-3-11-23-18/h2-13,15H,14,16H2,1H3,(H,24,28). The average molecular weight is 387 g/mol. The summed E-state index contributed by atoms with van der Waals surface area (Å²) >= 11 is 0. The highest BCUT2D eigenvalue weighted by Crippen LogP contribution is 2.16. The van der Waals surface area contributed by atoms with Gasteiger partial charge in [-0.15, -0.1) is 0 Å². The zero-order valence-electron chi connectivity index (χ0n) is 16.0. The van der Waals surface area contributed by atoms with E-state index in [4.69, 9.17) is 4.74 Å². The predicted molar refractivity (Wildman–Crippen MR) is 109 cm³/mol. The third-order valence-electron chi connectivity index (χ3n) is 4.49. The van der Waals surface area contributed by atoms with Gasteiger partial charge in [-0.1, -0.05) is 18.2 Å². The van der Waals surface area contributed by atoms with E-state index in [1.807, 2.05) is 78.6 Å². The number of pyridine rings is 1. The number of aryl methyl sites for hydroxylation is 1. The Bertz CT molecular complexity index is 1070. The van der Waals surface area contributed by atoms with E-state index < -0.39 is 0 Å². The Kier molecular flexibility index (Phi) is 5.38. The molecule has 0 atom stereocenters. The van der Waals surface area contributed by atoms with Gasteiger partial charge in [-0.25, -0.2) is 0 Å². The number of rotatable bonds is 7. The molecule has 4 aromatic rings. The average Bonchev–Trinajstić information content (AvgIpc) is 3.41. The number of hydrogen-bond donors (Lipinski definition) is 1. The number of amides is 1. The molecule has 0 aliphatic rings. The predicted octanol–water partition coefficient (Wildman–Crippen LogP) is 3.11. The van der Waals surface area contributed by atoms with Crippen molar-refractivity contribution < 1.29 is 9.53 Å². The number of nitrogens with zero attached hydrogens (tertiary/aromatic N) is 4. The largest absolute Gasteiger partial charge is 0.487 e. The lowest BCUT2D eigenvalue weighted by Gasteiger charge is -2.09. The highest BCUT2D eigenvalue weighted by atomic mass is 16.5. The van der Waals surface area contributed by atoms with E-state index in [0.29, 0.717) is 18.7 Å². The summed E-state index contributed by atoms with van der Waals surface area (Å²) in [5, 5.41) is 7.17. The maximum Gasteiger partial charge on any atom is 0.256 e. The summed E-state index contributed by atoms with van der Waals surface area (Å²) < 4.78 is 9.29. The molecule has 0 spiro atoms. The molecule has 7 nitrogen and oxygen atoms in total. The van der Waals surface area contributed by atoms with Crippen molar-refractivity contribution in [1.82, 2.24) is 24.6 Å². The first-order valence-corrected chi connectivity index (χ1v) is 9.26. The Hall–Kier alpha value is -3.87. The number of hydrogen-bond acceptors (Lipinski definition) is 4.